The molecule has 2 rings (SSSR count). The van der Waals surface area contributed by atoms with Crippen LogP contribution in [-0.4, -0.2) is 12.1 Å². The second-order valence-electron chi connectivity index (χ2n) is 3.86. The van der Waals surface area contributed by atoms with Gasteiger partial charge < -0.3 is 10.6 Å². The van der Waals surface area contributed by atoms with E-state index in [0.717, 1.165) is 19.3 Å². The van der Waals surface area contributed by atoms with Crippen molar-refractivity contribution in [3.63, 3.8) is 0 Å². The van der Waals surface area contributed by atoms with Crippen molar-refractivity contribution in [2.24, 2.45) is 0 Å². The fourth-order valence-corrected chi connectivity index (χ4v) is 1.60. The standard InChI is InChI=1S/C11H12ClFN2O/c12-9-5-4-8(6-10(9)13)15-11(16)14-7-2-1-3-7/h4-7H,1-3H2,(H2,14,15,16). The van der Waals surface area contributed by atoms with Crippen LogP contribution in [0.4, 0.5) is 14.9 Å². The molecule has 0 unspecified atom stereocenters. The first kappa shape index (κ1) is 11.2. The summed E-state index contributed by atoms with van der Waals surface area (Å²) in [6, 6.07) is 4.13. The second-order valence-corrected chi connectivity index (χ2v) is 4.26. The van der Waals surface area contributed by atoms with E-state index < -0.39 is 5.82 Å². The number of rotatable bonds is 2. The Balaban J connectivity index is 1.92. The van der Waals surface area contributed by atoms with E-state index in [1.165, 1.54) is 12.1 Å². The summed E-state index contributed by atoms with van der Waals surface area (Å²) in [5.74, 6) is -0.539. The maximum Gasteiger partial charge on any atom is 0.319 e. The smallest absolute Gasteiger partial charge is 0.319 e. The number of benzene rings is 1. The Morgan fingerprint density at radius 1 is 1.44 bits per heavy atom. The van der Waals surface area contributed by atoms with Gasteiger partial charge in [-0.1, -0.05) is 11.6 Å². The van der Waals surface area contributed by atoms with E-state index in [1.807, 2.05) is 0 Å². The lowest BCUT2D eigenvalue weighted by Gasteiger charge is -2.26. The van der Waals surface area contributed by atoms with Crippen molar-refractivity contribution in [1.29, 1.82) is 0 Å². The van der Waals surface area contributed by atoms with E-state index in [4.69, 9.17) is 11.6 Å². The van der Waals surface area contributed by atoms with Crippen LogP contribution in [0.25, 0.3) is 0 Å². The zero-order chi connectivity index (χ0) is 11.5. The number of anilines is 1. The summed E-state index contributed by atoms with van der Waals surface area (Å²) in [6.45, 7) is 0. The molecule has 1 aromatic carbocycles. The predicted octanol–water partition coefficient (Wildman–Crippen LogP) is 3.15. The number of hydrogen-bond donors (Lipinski definition) is 2. The van der Waals surface area contributed by atoms with Gasteiger partial charge in [0.25, 0.3) is 0 Å². The number of carbonyl (C=O) groups is 1. The Bertz CT molecular complexity index is 407. The Kier molecular flexibility index (Phi) is 3.29. The maximum absolute atomic E-state index is 13.1. The van der Waals surface area contributed by atoms with Crippen LogP contribution in [0.3, 0.4) is 0 Å². The predicted molar refractivity (Wildman–Crippen MR) is 61.2 cm³/mol. The van der Waals surface area contributed by atoms with Gasteiger partial charge in [0.2, 0.25) is 0 Å². The lowest BCUT2D eigenvalue weighted by atomic mass is 9.93. The fourth-order valence-electron chi connectivity index (χ4n) is 1.48. The molecular weight excluding hydrogens is 231 g/mol. The van der Waals surface area contributed by atoms with Gasteiger partial charge >= 0.3 is 6.03 Å². The topological polar surface area (TPSA) is 41.1 Å². The molecular formula is C11H12ClFN2O. The first-order valence-corrected chi connectivity index (χ1v) is 5.55. The molecule has 3 nitrogen and oxygen atoms in total. The Morgan fingerprint density at radius 2 is 2.19 bits per heavy atom. The van der Waals surface area contributed by atoms with Gasteiger partial charge in [0, 0.05) is 11.7 Å². The summed E-state index contributed by atoms with van der Waals surface area (Å²) in [5.41, 5.74) is 0.402. The lowest BCUT2D eigenvalue weighted by molar-refractivity contribution is 0.240. The maximum atomic E-state index is 13.1. The van der Waals surface area contributed by atoms with Gasteiger partial charge in [-0.25, -0.2) is 9.18 Å². The van der Waals surface area contributed by atoms with Crippen LogP contribution < -0.4 is 10.6 Å². The van der Waals surface area contributed by atoms with Crippen LogP contribution in [-0.2, 0) is 0 Å². The molecule has 2 amide bonds. The fraction of sp³-hybridized carbons (Fsp3) is 0.364. The van der Waals surface area contributed by atoms with E-state index in [0.29, 0.717) is 5.69 Å². The van der Waals surface area contributed by atoms with Gasteiger partial charge in [0.15, 0.2) is 0 Å². The van der Waals surface area contributed by atoms with Crippen molar-refractivity contribution in [3.8, 4) is 0 Å². The summed E-state index contributed by atoms with van der Waals surface area (Å²) in [4.78, 5) is 11.4. The lowest BCUT2D eigenvalue weighted by Crippen LogP contribution is -2.41. The second kappa shape index (κ2) is 4.70. The molecule has 86 valence electrons. The summed E-state index contributed by atoms with van der Waals surface area (Å²) in [5, 5.41) is 5.40. The summed E-state index contributed by atoms with van der Waals surface area (Å²) >= 11 is 5.53. The SMILES string of the molecule is O=C(Nc1ccc(Cl)c(F)c1)NC1CCC1. The van der Waals surface area contributed by atoms with E-state index >= 15 is 0 Å². The molecule has 0 saturated heterocycles. The molecule has 1 aromatic rings. The number of nitrogens with one attached hydrogen (secondary N) is 2. The van der Waals surface area contributed by atoms with Crippen LogP contribution >= 0.6 is 11.6 Å². The largest absolute Gasteiger partial charge is 0.335 e. The normalized spacial score (nSPS) is 15.4. The summed E-state index contributed by atoms with van der Waals surface area (Å²) in [7, 11) is 0. The first-order chi connectivity index (χ1) is 7.65. The van der Waals surface area contributed by atoms with Crippen LogP contribution in [0, 0.1) is 5.82 Å². The van der Waals surface area contributed by atoms with E-state index in [2.05, 4.69) is 10.6 Å². The van der Waals surface area contributed by atoms with Gasteiger partial charge in [-0.05, 0) is 37.5 Å². The minimum absolute atomic E-state index is 0.0463. The molecule has 1 fully saturated rings. The minimum Gasteiger partial charge on any atom is -0.335 e. The summed E-state index contributed by atoms with van der Waals surface area (Å²) in [6.07, 6.45) is 3.19. The van der Waals surface area contributed by atoms with Gasteiger partial charge in [-0.3, -0.25) is 0 Å². The molecule has 1 aliphatic rings. The van der Waals surface area contributed by atoms with Gasteiger partial charge in [-0.2, -0.15) is 0 Å². The average molecular weight is 243 g/mol. The van der Waals surface area contributed by atoms with E-state index in [1.54, 1.807) is 6.07 Å². The van der Waals surface area contributed by atoms with E-state index in [-0.39, 0.29) is 17.1 Å². The highest BCUT2D eigenvalue weighted by Crippen LogP contribution is 2.20. The van der Waals surface area contributed by atoms with E-state index in [9.17, 15) is 9.18 Å². The number of halogens is 2. The van der Waals surface area contributed by atoms with Crippen molar-refractivity contribution < 1.29 is 9.18 Å². The van der Waals surface area contributed by atoms with Crippen LogP contribution in [0.15, 0.2) is 18.2 Å². The molecule has 5 heteroatoms. The van der Waals surface area contributed by atoms with Crippen LogP contribution in [0.5, 0.6) is 0 Å². The van der Waals surface area contributed by atoms with Crippen molar-refractivity contribution >= 4 is 23.3 Å². The van der Waals surface area contributed by atoms with Gasteiger partial charge in [0.1, 0.15) is 5.82 Å². The average Bonchev–Trinajstić information content (AvgIpc) is 2.18. The molecule has 0 radical (unpaired) electrons. The van der Waals surface area contributed by atoms with Crippen molar-refractivity contribution in [1.82, 2.24) is 5.32 Å². The molecule has 0 bridgehead atoms. The third-order valence-corrected chi connectivity index (χ3v) is 2.92. The third kappa shape index (κ3) is 2.64. The highest BCUT2D eigenvalue weighted by molar-refractivity contribution is 6.30. The monoisotopic (exact) mass is 242 g/mol. The van der Waals surface area contributed by atoms with Crippen molar-refractivity contribution in [2.45, 2.75) is 25.3 Å². The Hall–Kier alpha value is -1.29. The molecule has 2 N–H and O–H groups in total. The van der Waals surface area contributed by atoms with Gasteiger partial charge in [0.05, 0.1) is 5.02 Å². The number of urea groups is 1. The Morgan fingerprint density at radius 3 is 2.75 bits per heavy atom. The van der Waals surface area contributed by atoms with Gasteiger partial charge in [-0.15, -0.1) is 0 Å². The highest BCUT2D eigenvalue weighted by atomic mass is 35.5. The molecule has 1 saturated carbocycles. The molecule has 0 aliphatic heterocycles. The summed E-state index contributed by atoms with van der Waals surface area (Å²) < 4.78 is 13.1. The van der Waals surface area contributed by atoms with Crippen molar-refractivity contribution in [2.75, 3.05) is 5.32 Å². The molecule has 0 atom stereocenters. The molecule has 1 aliphatic carbocycles. The molecule has 0 aromatic heterocycles. The number of hydrogen-bond acceptors (Lipinski definition) is 1. The van der Waals surface area contributed by atoms with Crippen LogP contribution in [0.2, 0.25) is 5.02 Å². The molecule has 16 heavy (non-hydrogen) atoms. The van der Waals surface area contributed by atoms with Crippen molar-refractivity contribution in [3.05, 3.63) is 29.0 Å². The highest BCUT2D eigenvalue weighted by Gasteiger charge is 2.19. The number of carbonyl (C=O) groups excluding carboxylic acids is 1. The zero-order valence-corrected chi connectivity index (χ0v) is 9.35. The molecule has 0 spiro atoms. The third-order valence-electron chi connectivity index (χ3n) is 2.62. The quantitative estimate of drug-likeness (QED) is 0.822. The Labute approximate surface area is 98.0 Å². The first-order valence-electron chi connectivity index (χ1n) is 5.18. The zero-order valence-electron chi connectivity index (χ0n) is 8.59. The van der Waals surface area contributed by atoms with Crippen LogP contribution in [0.1, 0.15) is 19.3 Å². The minimum atomic E-state index is -0.539. The number of amides is 2. The molecule has 0 heterocycles.